The largest absolute Gasteiger partial charge is 0.362 e. The molecule has 0 aliphatic heterocycles. The van der Waals surface area contributed by atoms with Crippen LogP contribution in [0.1, 0.15) is 24.0 Å². The second-order valence-electron chi connectivity index (χ2n) is 6.98. The molecule has 1 aromatic heterocycles. The van der Waals surface area contributed by atoms with Gasteiger partial charge < -0.3 is 20.9 Å². The summed E-state index contributed by atoms with van der Waals surface area (Å²) in [6.07, 6.45) is 3.63. The lowest BCUT2D eigenvalue weighted by molar-refractivity contribution is -0.117. The Hall–Kier alpha value is -3.09. The van der Waals surface area contributed by atoms with Crippen molar-refractivity contribution in [1.29, 1.82) is 0 Å². The molecule has 1 fully saturated rings. The Morgan fingerprint density at radius 2 is 1.96 bits per heavy atom. The molecule has 2 aromatic rings. The van der Waals surface area contributed by atoms with Crippen LogP contribution in [0.5, 0.6) is 0 Å². The number of carbonyl (C=O) groups excluding carboxylic acids is 2. The van der Waals surface area contributed by atoms with Crippen LogP contribution in [0.4, 0.5) is 22.0 Å². The number of benzene rings is 1. The minimum absolute atomic E-state index is 0.0436. The zero-order chi connectivity index (χ0) is 19.4. The molecule has 3 N–H and O–H groups in total. The second kappa shape index (κ2) is 8.07. The predicted octanol–water partition coefficient (Wildman–Crippen LogP) is 3.13. The number of hydrogen-bond acceptors (Lipinski definition) is 4. The van der Waals surface area contributed by atoms with Crippen molar-refractivity contribution in [3.05, 3.63) is 47.7 Å². The van der Waals surface area contributed by atoms with E-state index in [2.05, 4.69) is 20.9 Å². The fourth-order valence-electron chi connectivity index (χ4n) is 2.74. The minimum atomic E-state index is -0.308. The van der Waals surface area contributed by atoms with E-state index in [1.165, 1.54) is 0 Å². The fourth-order valence-corrected chi connectivity index (χ4v) is 2.74. The number of aromatic nitrogens is 1. The summed E-state index contributed by atoms with van der Waals surface area (Å²) in [4.78, 5) is 30.5. The van der Waals surface area contributed by atoms with Crippen LogP contribution < -0.4 is 20.9 Å². The number of rotatable bonds is 6. The van der Waals surface area contributed by atoms with Crippen molar-refractivity contribution >= 4 is 29.1 Å². The van der Waals surface area contributed by atoms with Gasteiger partial charge in [-0.3, -0.25) is 4.79 Å². The van der Waals surface area contributed by atoms with Crippen LogP contribution in [-0.2, 0) is 11.3 Å². The maximum Gasteiger partial charge on any atom is 0.319 e. The SMILES string of the molecule is Cc1ccc(NC(=O)C2CC2)cc1NC(=O)NCc1cccnc1N(C)C. The molecule has 7 heteroatoms. The summed E-state index contributed by atoms with van der Waals surface area (Å²) in [5.74, 6) is 0.997. The minimum Gasteiger partial charge on any atom is -0.362 e. The third-order valence-corrected chi connectivity index (χ3v) is 4.43. The topological polar surface area (TPSA) is 86.4 Å². The summed E-state index contributed by atoms with van der Waals surface area (Å²) in [5.41, 5.74) is 3.21. The van der Waals surface area contributed by atoms with Crippen molar-refractivity contribution < 1.29 is 9.59 Å². The molecule has 7 nitrogen and oxygen atoms in total. The smallest absolute Gasteiger partial charge is 0.319 e. The highest BCUT2D eigenvalue weighted by Crippen LogP contribution is 2.30. The molecule has 1 aliphatic rings. The molecule has 0 atom stereocenters. The zero-order valence-corrected chi connectivity index (χ0v) is 15.9. The average Bonchev–Trinajstić information content (AvgIpc) is 3.48. The molecule has 1 saturated carbocycles. The third kappa shape index (κ3) is 4.97. The molecule has 3 amide bonds. The van der Waals surface area contributed by atoms with Crippen LogP contribution in [0.2, 0.25) is 0 Å². The van der Waals surface area contributed by atoms with Crippen LogP contribution in [0.15, 0.2) is 36.5 Å². The van der Waals surface area contributed by atoms with Crippen molar-refractivity contribution in [3.63, 3.8) is 0 Å². The first-order valence-electron chi connectivity index (χ1n) is 9.01. The lowest BCUT2D eigenvalue weighted by Crippen LogP contribution is -2.29. The van der Waals surface area contributed by atoms with Gasteiger partial charge in [-0.2, -0.15) is 0 Å². The average molecular weight is 367 g/mol. The van der Waals surface area contributed by atoms with Crippen LogP contribution in [-0.4, -0.2) is 31.0 Å². The van der Waals surface area contributed by atoms with Crippen molar-refractivity contribution in [2.75, 3.05) is 29.6 Å². The van der Waals surface area contributed by atoms with Crippen molar-refractivity contribution in [3.8, 4) is 0 Å². The Morgan fingerprint density at radius 1 is 1.19 bits per heavy atom. The third-order valence-electron chi connectivity index (χ3n) is 4.43. The van der Waals surface area contributed by atoms with E-state index < -0.39 is 0 Å². The van der Waals surface area contributed by atoms with Gasteiger partial charge in [-0.15, -0.1) is 0 Å². The van der Waals surface area contributed by atoms with Gasteiger partial charge in [0, 0.05) is 49.7 Å². The molecule has 1 aromatic carbocycles. The first kappa shape index (κ1) is 18.7. The van der Waals surface area contributed by atoms with Gasteiger partial charge in [-0.05, 0) is 43.5 Å². The molecular weight excluding hydrogens is 342 g/mol. The maximum absolute atomic E-state index is 12.3. The van der Waals surface area contributed by atoms with Crippen molar-refractivity contribution in [2.45, 2.75) is 26.3 Å². The Bertz CT molecular complexity index is 846. The number of nitrogens with one attached hydrogen (secondary N) is 3. The molecule has 0 saturated heterocycles. The van der Waals surface area contributed by atoms with Gasteiger partial charge in [-0.1, -0.05) is 12.1 Å². The standard InChI is InChI=1S/C20H25N5O2/c1-13-6-9-16(23-19(26)14-7-8-14)11-17(13)24-20(27)22-12-15-5-4-10-21-18(15)25(2)3/h4-6,9-11,14H,7-8,12H2,1-3H3,(H,23,26)(H2,22,24,27). The van der Waals surface area contributed by atoms with Crippen molar-refractivity contribution in [2.24, 2.45) is 5.92 Å². The number of hydrogen-bond donors (Lipinski definition) is 3. The number of amides is 3. The Balaban J connectivity index is 1.61. The highest BCUT2D eigenvalue weighted by Gasteiger charge is 2.29. The molecule has 0 radical (unpaired) electrons. The van der Waals surface area contributed by atoms with E-state index in [9.17, 15) is 9.59 Å². The highest BCUT2D eigenvalue weighted by molar-refractivity contribution is 5.96. The molecule has 0 unspecified atom stereocenters. The van der Waals surface area contributed by atoms with Gasteiger partial charge in [0.2, 0.25) is 5.91 Å². The van der Waals surface area contributed by atoms with Gasteiger partial charge in [0.25, 0.3) is 0 Å². The predicted molar refractivity (Wildman–Crippen MR) is 107 cm³/mol. The maximum atomic E-state index is 12.3. The van der Waals surface area contributed by atoms with Crippen LogP contribution >= 0.6 is 0 Å². The van der Waals surface area contributed by atoms with E-state index in [-0.39, 0.29) is 17.9 Å². The molecule has 3 rings (SSSR count). The lowest BCUT2D eigenvalue weighted by Gasteiger charge is -2.16. The first-order valence-corrected chi connectivity index (χ1v) is 9.01. The number of anilines is 3. The molecule has 0 bridgehead atoms. The Morgan fingerprint density at radius 3 is 2.67 bits per heavy atom. The highest BCUT2D eigenvalue weighted by atomic mass is 16.2. The monoisotopic (exact) mass is 367 g/mol. The molecule has 1 heterocycles. The van der Waals surface area contributed by atoms with Crippen molar-refractivity contribution in [1.82, 2.24) is 10.3 Å². The molecule has 1 aliphatic carbocycles. The van der Waals surface area contributed by atoms with E-state index >= 15 is 0 Å². The number of nitrogens with zero attached hydrogens (tertiary/aromatic N) is 2. The zero-order valence-electron chi connectivity index (χ0n) is 15.9. The van der Waals surface area contributed by atoms with E-state index in [1.807, 2.05) is 50.2 Å². The summed E-state index contributed by atoms with van der Waals surface area (Å²) >= 11 is 0. The van der Waals surface area contributed by atoms with Gasteiger partial charge >= 0.3 is 6.03 Å². The summed E-state index contributed by atoms with van der Waals surface area (Å²) in [5, 5.41) is 8.60. The summed E-state index contributed by atoms with van der Waals surface area (Å²) < 4.78 is 0. The van der Waals surface area contributed by atoms with E-state index in [1.54, 1.807) is 12.3 Å². The second-order valence-corrected chi connectivity index (χ2v) is 6.98. The summed E-state index contributed by atoms with van der Waals surface area (Å²) in [6, 6.07) is 8.98. The van der Waals surface area contributed by atoms with Gasteiger partial charge in [-0.25, -0.2) is 9.78 Å². The van der Waals surface area contributed by atoms with E-state index in [4.69, 9.17) is 0 Å². The Kier molecular flexibility index (Phi) is 5.59. The van der Waals surface area contributed by atoms with Gasteiger partial charge in [0.15, 0.2) is 0 Å². The van der Waals surface area contributed by atoms with Crippen LogP contribution in [0.25, 0.3) is 0 Å². The molecular formula is C20H25N5O2. The van der Waals surface area contributed by atoms with Crippen LogP contribution in [0, 0.1) is 12.8 Å². The molecule has 27 heavy (non-hydrogen) atoms. The van der Waals surface area contributed by atoms with Gasteiger partial charge in [0.05, 0.1) is 0 Å². The first-order chi connectivity index (χ1) is 12.9. The number of aryl methyl sites for hydroxylation is 1. The lowest BCUT2D eigenvalue weighted by atomic mass is 10.1. The quantitative estimate of drug-likeness (QED) is 0.732. The summed E-state index contributed by atoms with van der Waals surface area (Å²) in [6.45, 7) is 2.28. The number of pyridine rings is 1. The number of urea groups is 1. The molecule has 0 spiro atoms. The fraction of sp³-hybridized carbons (Fsp3) is 0.350. The van der Waals surface area contributed by atoms with E-state index in [0.717, 1.165) is 29.8 Å². The summed E-state index contributed by atoms with van der Waals surface area (Å²) in [7, 11) is 3.83. The normalized spacial score (nSPS) is 13.0. The number of carbonyl (C=O) groups is 2. The van der Waals surface area contributed by atoms with Crippen LogP contribution in [0.3, 0.4) is 0 Å². The Labute approximate surface area is 159 Å². The van der Waals surface area contributed by atoms with Gasteiger partial charge in [0.1, 0.15) is 5.82 Å². The molecule has 142 valence electrons. The van der Waals surface area contributed by atoms with E-state index in [0.29, 0.717) is 17.9 Å².